The summed E-state index contributed by atoms with van der Waals surface area (Å²) in [5.74, 6) is -0.926. The van der Waals surface area contributed by atoms with Crippen molar-refractivity contribution in [3.63, 3.8) is 0 Å². The molecule has 5 heteroatoms. The lowest BCUT2D eigenvalue weighted by Crippen LogP contribution is -2.08. The molecular weight excluding hydrogens is 311 g/mol. The normalized spacial score (nSPS) is 22.0. The van der Waals surface area contributed by atoms with Crippen LogP contribution in [-0.4, -0.2) is 22.7 Å². The van der Waals surface area contributed by atoms with Crippen LogP contribution in [0.1, 0.15) is 24.2 Å². The molecule has 0 aliphatic heterocycles. The standard InChI is InChI=1S/C16H16Cl2O3/c1-15(2)13(16(15,17)18)10-21-14(20)9-8-12(19)11-6-4-3-5-7-11/h3-9,13H,10H2,1-2H3/b9-8+. The van der Waals surface area contributed by atoms with Gasteiger partial charge in [0.1, 0.15) is 4.33 Å². The zero-order chi connectivity index (χ0) is 15.7. The molecule has 1 aromatic carbocycles. The number of rotatable bonds is 5. The van der Waals surface area contributed by atoms with Gasteiger partial charge in [-0.15, -0.1) is 23.2 Å². The minimum absolute atomic E-state index is 0.101. The van der Waals surface area contributed by atoms with Crippen molar-refractivity contribution >= 4 is 35.0 Å². The number of allylic oxidation sites excluding steroid dienone is 1. The van der Waals surface area contributed by atoms with Crippen LogP contribution in [0.15, 0.2) is 42.5 Å². The molecule has 1 aromatic rings. The number of hydrogen-bond donors (Lipinski definition) is 0. The molecule has 0 amide bonds. The first-order valence-electron chi connectivity index (χ1n) is 6.59. The van der Waals surface area contributed by atoms with Gasteiger partial charge in [-0.05, 0) is 6.08 Å². The van der Waals surface area contributed by atoms with Crippen LogP contribution in [0, 0.1) is 11.3 Å². The summed E-state index contributed by atoms with van der Waals surface area (Å²) >= 11 is 12.2. The Morgan fingerprint density at radius 3 is 2.29 bits per heavy atom. The monoisotopic (exact) mass is 326 g/mol. The predicted octanol–water partition coefficient (Wildman–Crippen LogP) is 3.80. The van der Waals surface area contributed by atoms with Gasteiger partial charge in [-0.1, -0.05) is 44.2 Å². The number of benzene rings is 1. The van der Waals surface area contributed by atoms with E-state index < -0.39 is 10.3 Å². The van der Waals surface area contributed by atoms with Gasteiger partial charge < -0.3 is 4.74 Å². The molecule has 0 radical (unpaired) electrons. The maximum atomic E-state index is 11.8. The van der Waals surface area contributed by atoms with Crippen LogP contribution in [0.25, 0.3) is 0 Å². The molecule has 1 aliphatic rings. The Labute approximate surface area is 133 Å². The molecule has 3 nitrogen and oxygen atoms in total. The molecule has 0 saturated heterocycles. The molecule has 2 rings (SSSR count). The highest BCUT2D eigenvalue weighted by Gasteiger charge is 2.70. The van der Waals surface area contributed by atoms with Crippen LogP contribution < -0.4 is 0 Å². The molecule has 1 fully saturated rings. The quantitative estimate of drug-likeness (QED) is 0.358. The zero-order valence-corrected chi connectivity index (χ0v) is 13.3. The molecule has 0 N–H and O–H groups in total. The molecule has 21 heavy (non-hydrogen) atoms. The average Bonchev–Trinajstić information content (AvgIpc) is 2.84. The number of esters is 1. The molecule has 0 spiro atoms. The predicted molar refractivity (Wildman–Crippen MR) is 82.6 cm³/mol. The number of carbonyl (C=O) groups is 2. The van der Waals surface area contributed by atoms with Crippen molar-refractivity contribution in [2.75, 3.05) is 6.61 Å². The molecule has 0 aromatic heterocycles. The minimum atomic E-state index is -0.864. The Hall–Kier alpha value is -1.32. The summed E-state index contributed by atoms with van der Waals surface area (Å²) in [6, 6.07) is 8.70. The largest absolute Gasteiger partial charge is 0.462 e. The molecule has 1 atom stereocenters. The number of carbonyl (C=O) groups excluding carboxylic acids is 2. The zero-order valence-electron chi connectivity index (χ0n) is 11.8. The maximum Gasteiger partial charge on any atom is 0.330 e. The van der Waals surface area contributed by atoms with Gasteiger partial charge in [-0.3, -0.25) is 4.79 Å². The maximum absolute atomic E-state index is 11.8. The number of ether oxygens (including phenoxy) is 1. The summed E-state index contributed by atoms with van der Waals surface area (Å²) < 4.78 is 4.21. The van der Waals surface area contributed by atoms with E-state index in [0.717, 1.165) is 6.08 Å². The summed E-state index contributed by atoms with van der Waals surface area (Å²) in [4.78, 5) is 23.4. The average molecular weight is 327 g/mol. The Morgan fingerprint density at radius 1 is 1.19 bits per heavy atom. The third-order valence-electron chi connectivity index (χ3n) is 3.91. The Bertz CT molecular complexity index is 562. The van der Waals surface area contributed by atoms with Gasteiger partial charge in [-0.2, -0.15) is 0 Å². The van der Waals surface area contributed by atoms with Gasteiger partial charge in [0.05, 0.1) is 6.61 Å². The number of ketones is 1. The first kappa shape index (κ1) is 16.1. The lowest BCUT2D eigenvalue weighted by Gasteiger charge is -2.02. The Balaban J connectivity index is 1.83. The highest BCUT2D eigenvalue weighted by atomic mass is 35.5. The Kier molecular flexibility index (Phi) is 4.45. The van der Waals surface area contributed by atoms with Crippen LogP contribution in [0.5, 0.6) is 0 Å². The van der Waals surface area contributed by atoms with Crippen molar-refractivity contribution in [1.82, 2.24) is 0 Å². The fourth-order valence-corrected chi connectivity index (χ4v) is 2.95. The molecular formula is C16H16Cl2O3. The van der Waals surface area contributed by atoms with Crippen molar-refractivity contribution in [3.05, 3.63) is 48.0 Å². The molecule has 0 bridgehead atoms. The van der Waals surface area contributed by atoms with E-state index in [1.807, 2.05) is 19.9 Å². The number of alkyl halides is 2. The molecule has 1 unspecified atom stereocenters. The fraction of sp³-hybridized carbons (Fsp3) is 0.375. The summed E-state index contributed by atoms with van der Waals surface area (Å²) in [7, 11) is 0. The van der Waals surface area contributed by atoms with Crippen LogP contribution in [-0.2, 0) is 9.53 Å². The summed E-state index contributed by atoms with van der Waals surface area (Å²) in [6.07, 6.45) is 2.32. The van der Waals surface area contributed by atoms with Crippen molar-refractivity contribution < 1.29 is 14.3 Å². The van der Waals surface area contributed by atoms with E-state index in [4.69, 9.17) is 27.9 Å². The first-order chi connectivity index (χ1) is 9.76. The van der Waals surface area contributed by atoms with Gasteiger partial charge in [0.15, 0.2) is 5.78 Å². The fourth-order valence-electron chi connectivity index (χ4n) is 2.13. The van der Waals surface area contributed by atoms with Crippen LogP contribution in [0.2, 0.25) is 0 Å². The second-order valence-electron chi connectivity index (χ2n) is 5.59. The number of halogens is 2. The summed E-state index contributed by atoms with van der Waals surface area (Å²) in [5, 5.41) is 0. The second kappa shape index (κ2) is 5.82. The van der Waals surface area contributed by atoms with Gasteiger partial charge in [0.2, 0.25) is 0 Å². The molecule has 0 heterocycles. The van der Waals surface area contributed by atoms with E-state index in [1.54, 1.807) is 24.3 Å². The van der Waals surface area contributed by atoms with Crippen LogP contribution in [0.3, 0.4) is 0 Å². The van der Waals surface area contributed by atoms with Gasteiger partial charge in [-0.25, -0.2) is 4.79 Å². The third-order valence-corrected chi connectivity index (χ3v) is 5.41. The van der Waals surface area contributed by atoms with Crippen LogP contribution in [0.4, 0.5) is 0 Å². The van der Waals surface area contributed by atoms with Crippen molar-refractivity contribution in [2.45, 2.75) is 18.2 Å². The van der Waals surface area contributed by atoms with Gasteiger partial charge in [0, 0.05) is 23.0 Å². The van der Waals surface area contributed by atoms with Gasteiger partial charge in [0.25, 0.3) is 0 Å². The van der Waals surface area contributed by atoms with Crippen LogP contribution >= 0.6 is 23.2 Å². The molecule has 1 saturated carbocycles. The summed E-state index contributed by atoms with van der Waals surface area (Å²) in [5.41, 5.74) is 0.241. The van der Waals surface area contributed by atoms with E-state index in [1.165, 1.54) is 6.08 Å². The lowest BCUT2D eigenvalue weighted by atomic mass is 10.1. The topological polar surface area (TPSA) is 43.4 Å². The van der Waals surface area contributed by atoms with Gasteiger partial charge >= 0.3 is 5.97 Å². The van der Waals surface area contributed by atoms with E-state index in [-0.39, 0.29) is 23.7 Å². The van der Waals surface area contributed by atoms with Crippen molar-refractivity contribution in [1.29, 1.82) is 0 Å². The smallest absolute Gasteiger partial charge is 0.330 e. The van der Waals surface area contributed by atoms with E-state index in [2.05, 4.69) is 0 Å². The summed E-state index contributed by atoms with van der Waals surface area (Å²) in [6.45, 7) is 3.98. The highest BCUT2D eigenvalue weighted by Crippen LogP contribution is 2.68. The first-order valence-corrected chi connectivity index (χ1v) is 7.34. The Morgan fingerprint density at radius 2 is 1.76 bits per heavy atom. The van der Waals surface area contributed by atoms with E-state index >= 15 is 0 Å². The van der Waals surface area contributed by atoms with Crippen molar-refractivity contribution in [2.24, 2.45) is 11.3 Å². The molecule has 1 aliphatic carbocycles. The third kappa shape index (κ3) is 3.30. The van der Waals surface area contributed by atoms with Crippen molar-refractivity contribution in [3.8, 4) is 0 Å². The second-order valence-corrected chi connectivity index (χ2v) is 6.98. The molecule has 112 valence electrons. The van der Waals surface area contributed by atoms with E-state index in [9.17, 15) is 9.59 Å². The highest BCUT2D eigenvalue weighted by molar-refractivity contribution is 6.51. The number of hydrogen-bond acceptors (Lipinski definition) is 3. The SMILES string of the molecule is CC1(C)C(COC(=O)/C=C/C(=O)c2ccccc2)C1(Cl)Cl. The van der Waals surface area contributed by atoms with E-state index in [0.29, 0.717) is 5.56 Å². The lowest BCUT2D eigenvalue weighted by molar-refractivity contribution is -0.138. The minimum Gasteiger partial charge on any atom is -0.462 e.